The van der Waals surface area contributed by atoms with Crippen molar-refractivity contribution in [2.75, 3.05) is 4.90 Å². The molecule has 340 valence electrons. The van der Waals surface area contributed by atoms with Crippen molar-refractivity contribution in [2.45, 2.75) is 0 Å². The Labute approximate surface area is 426 Å². The molecule has 0 aliphatic heterocycles. The highest BCUT2D eigenvalue weighted by molar-refractivity contribution is 7.26. The Morgan fingerprint density at radius 1 is 0.288 bits per heavy atom. The van der Waals surface area contributed by atoms with Crippen LogP contribution in [-0.2, 0) is 0 Å². The first-order valence-electron chi connectivity index (χ1n) is 25.1. The number of benzene rings is 13. The smallest absolute Gasteiger partial charge is 0.0640 e. The summed E-state index contributed by atoms with van der Waals surface area (Å²) >= 11 is 1.87. The predicted molar refractivity (Wildman–Crippen MR) is 315 cm³/mol. The lowest BCUT2D eigenvalue weighted by Gasteiger charge is -2.27. The SMILES string of the molecule is c1ccc(-c2ccc(-n3c4ccc(-c5ccc(N(c6ccc7c8ccccc8c8ccccc8c7c6)c6cccc7c6sc6ccccc67)cc5)cc4c4cc(-c5cccc6ccccc56)ccc43)cc2)cc1. The normalized spacial score (nSPS) is 11.8. The Morgan fingerprint density at radius 3 is 1.53 bits per heavy atom. The van der Waals surface area contributed by atoms with Crippen molar-refractivity contribution in [2.24, 2.45) is 0 Å². The minimum atomic E-state index is 1.11. The van der Waals surface area contributed by atoms with E-state index >= 15 is 0 Å². The van der Waals surface area contributed by atoms with Crippen LogP contribution in [0.2, 0.25) is 0 Å². The fourth-order valence-corrected chi connectivity index (χ4v) is 12.9. The molecule has 0 fully saturated rings. The molecule has 13 aromatic carbocycles. The van der Waals surface area contributed by atoms with E-state index in [1.807, 2.05) is 11.3 Å². The summed E-state index contributed by atoms with van der Waals surface area (Å²) in [6.45, 7) is 0. The third-order valence-electron chi connectivity index (χ3n) is 15.2. The Kier molecular flexibility index (Phi) is 9.48. The fourth-order valence-electron chi connectivity index (χ4n) is 11.7. The molecule has 0 N–H and O–H groups in total. The summed E-state index contributed by atoms with van der Waals surface area (Å²) in [6, 6.07) is 98.6. The lowest BCUT2D eigenvalue weighted by molar-refractivity contribution is 1.18. The van der Waals surface area contributed by atoms with Gasteiger partial charge in [-0.15, -0.1) is 11.3 Å². The molecule has 0 spiro atoms. The summed E-state index contributed by atoms with van der Waals surface area (Å²) in [5.74, 6) is 0. The number of thiophene rings is 1. The zero-order valence-corrected chi connectivity index (χ0v) is 40.5. The van der Waals surface area contributed by atoms with Crippen molar-refractivity contribution in [3.8, 4) is 39.1 Å². The summed E-state index contributed by atoms with van der Waals surface area (Å²) in [5.41, 5.74) is 14.1. The minimum absolute atomic E-state index is 1.11. The molecule has 0 aliphatic carbocycles. The molecule has 3 heteroatoms. The highest BCUT2D eigenvalue weighted by atomic mass is 32.1. The van der Waals surface area contributed by atoms with Crippen molar-refractivity contribution >= 4 is 113 Å². The first kappa shape index (κ1) is 41.5. The van der Waals surface area contributed by atoms with Gasteiger partial charge in [-0.25, -0.2) is 0 Å². The zero-order valence-electron chi connectivity index (χ0n) is 39.7. The van der Waals surface area contributed by atoms with Gasteiger partial charge in [-0.2, -0.15) is 0 Å². The zero-order chi connectivity index (χ0) is 48.0. The molecule has 0 saturated heterocycles. The first-order chi connectivity index (χ1) is 36.2. The molecule has 0 aliphatic rings. The van der Waals surface area contributed by atoms with Crippen LogP contribution in [0.3, 0.4) is 0 Å². The average molecular weight is 945 g/mol. The Balaban J connectivity index is 0.895. The fraction of sp³-hybridized carbons (Fsp3) is 0. The van der Waals surface area contributed by atoms with E-state index in [4.69, 9.17) is 0 Å². The van der Waals surface area contributed by atoms with E-state index in [0.29, 0.717) is 0 Å². The van der Waals surface area contributed by atoms with Crippen LogP contribution in [0.25, 0.3) is 124 Å². The third-order valence-corrected chi connectivity index (χ3v) is 16.4. The number of rotatable bonds is 7. The molecule has 0 radical (unpaired) electrons. The quantitative estimate of drug-likeness (QED) is 0.145. The second-order valence-electron chi connectivity index (χ2n) is 19.2. The van der Waals surface area contributed by atoms with Gasteiger partial charge in [0.2, 0.25) is 0 Å². The van der Waals surface area contributed by atoms with Gasteiger partial charge in [0.1, 0.15) is 0 Å². The summed E-state index contributed by atoms with van der Waals surface area (Å²) in [6.07, 6.45) is 0. The van der Waals surface area contributed by atoms with Crippen LogP contribution >= 0.6 is 11.3 Å². The number of aromatic nitrogens is 1. The van der Waals surface area contributed by atoms with E-state index in [9.17, 15) is 0 Å². The number of nitrogens with zero attached hydrogens (tertiary/aromatic N) is 2. The molecule has 0 atom stereocenters. The van der Waals surface area contributed by atoms with E-state index in [0.717, 1.165) is 17.1 Å². The van der Waals surface area contributed by atoms with Crippen molar-refractivity contribution in [3.63, 3.8) is 0 Å². The van der Waals surface area contributed by atoms with Gasteiger partial charge in [0, 0.05) is 43.3 Å². The molecule has 15 aromatic rings. The van der Waals surface area contributed by atoms with Crippen molar-refractivity contribution < 1.29 is 0 Å². The Bertz CT molecular complexity index is 4620. The van der Waals surface area contributed by atoms with Gasteiger partial charge in [0.25, 0.3) is 0 Å². The van der Waals surface area contributed by atoms with Crippen LogP contribution in [0.5, 0.6) is 0 Å². The van der Waals surface area contributed by atoms with Crippen molar-refractivity contribution in [1.29, 1.82) is 0 Å². The topological polar surface area (TPSA) is 8.17 Å². The van der Waals surface area contributed by atoms with Gasteiger partial charge < -0.3 is 9.47 Å². The van der Waals surface area contributed by atoms with Gasteiger partial charge in [-0.3, -0.25) is 0 Å². The van der Waals surface area contributed by atoms with Crippen molar-refractivity contribution in [3.05, 3.63) is 267 Å². The van der Waals surface area contributed by atoms with E-state index in [2.05, 4.69) is 276 Å². The summed E-state index contributed by atoms with van der Waals surface area (Å²) in [5, 5.41) is 15.1. The molecular formula is C70H44N2S. The van der Waals surface area contributed by atoms with Crippen LogP contribution < -0.4 is 4.90 Å². The average Bonchev–Trinajstić information content (AvgIpc) is 4.02. The minimum Gasteiger partial charge on any atom is -0.309 e. The summed E-state index contributed by atoms with van der Waals surface area (Å²) < 4.78 is 5.00. The molecule has 2 aromatic heterocycles. The molecule has 0 amide bonds. The highest BCUT2D eigenvalue weighted by Crippen LogP contribution is 2.47. The molecular weight excluding hydrogens is 901 g/mol. The maximum Gasteiger partial charge on any atom is 0.0640 e. The van der Waals surface area contributed by atoms with Crippen LogP contribution in [-0.4, -0.2) is 4.57 Å². The standard InChI is InChI=1S/C70H44N2S/c1-2-14-45(15-3-1)46-28-36-52(37-29-46)72-66-40-32-49(42-64(66)65-43-50(33-41-67(65)72)55-24-12-17-48-16-4-5-18-54(48)55)47-30-34-51(35-31-47)71(68-26-13-25-62-61-23-10-11-27-69(61)73-70(62)68)53-38-39-60-58-21-7-6-19-56(58)57-20-8-9-22-59(57)63(60)44-53/h1-44H. The summed E-state index contributed by atoms with van der Waals surface area (Å²) in [7, 11) is 0. The van der Waals surface area contributed by atoms with Gasteiger partial charge in [-0.05, 0) is 149 Å². The molecule has 73 heavy (non-hydrogen) atoms. The van der Waals surface area contributed by atoms with Gasteiger partial charge in [0.15, 0.2) is 0 Å². The van der Waals surface area contributed by atoms with E-state index in [-0.39, 0.29) is 0 Å². The maximum absolute atomic E-state index is 2.47. The van der Waals surface area contributed by atoms with Crippen LogP contribution in [0, 0.1) is 0 Å². The van der Waals surface area contributed by atoms with Crippen LogP contribution in [0.1, 0.15) is 0 Å². The second-order valence-corrected chi connectivity index (χ2v) is 20.2. The number of hydrogen-bond donors (Lipinski definition) is 0. The molecule has 0 bridgehead atoms. The molecule has 0 unspecified atom stereocenters. The van der Waals surface area contributed by atoms with Gasteiger partial charge in [0.05, 0.1) is 21.4 Å². The monoisotopic (exact) mass is 944 g/mol. The van der Waals surface area contributed by atoms with E-state index in [1.165, 1.54) is 124 Å². The summed E-state index contributed by atoms with van der Waals surface area (Å²) in [4.78, 5) is 2.47. The lowest BCUT2D eigenvalue weighted by atomic mass is 9.94. The number of hydrogen-bond acceptors (Lipinski definition) is 2. The molecule has 2 heterocycles. The Morgan fingerprint density at radius 2 is 0.795 bits per heavy atom. The van der Waals surface area contributed by atoms with E-state index < -0.39 is 0 Å². The number of anilines is 3. The Hall–Kier alpha value is -9.28. The second kappa shape index (κ2) is 16.7. The lowest BCUT2D eigenvalue weighted by Crippen LogP contribution is -2.10. The van der Waals surface area contributed by atoms with Crippen molar-refractivity contribution in [1.82, 2.24) is 4.57 Å². The van der Waals surface area contributed by atoms with Gasteiger partial charge >= 0.3 is 0 Å². The third kappa shape index (κ3) is 6.70. The van der Waals surface area contributed by atoms with Crippen LogP contribution in [0.15, 0.2) is 267 Å². The number of fused-ring (bicyclic) bond motifs is 13. The predicted octanol–water partition coefficient (Wildman–Crippen LogP) is 20.2. The van der Waals surface area contributed by atoms with Crippen LogP contribution in [0.4, 0.5) is 17.1 Å². The molecule has 2 nitrogen and oxygen atoms in total. The first-order valence-corrected chi connectivity index (χ1v) is 25.9. The molecule has 15 rings (SSSR count). The van der Waals surface area contributed by atoms with E-state index in [1.54, 1.807) is 0 Å². The van der Waals surface area contributed by atoms with Gasteiger partial charge in [-0.1, -0.05) is 194 Å². The highest BCUT2D eigenvalue weighted by Gasteiger charge is 2.21. The largest absolute Gasteiger partial charge is 0.309 e. The maximum atomic E-state index is 2.47. The molecule has 0 saturated carbocycles.